The molecule has 5 heteroatoms. The van der Waals surface area contributed by atoms with Gasteiger partial charge < -0.3 is 14.7 Å². The molecule has 1 aromatic rings. The Morgan fingerprint density at radius 1 is 1.35 bits per heavy atom. The van der Waals surface area contributed by atoms with Crippen molar-refractivity contribution in [2.75, 3.05) is 26.8 Å². The SMILES string of the molecule is COCC1(C(=O)O)CCN(C(=O)C(C)(C)c2ccccc2C)C1. The Morgan fingerprint density at radius 2 is 2.00 bits per heavy atom. The quantitative estimate of drug-likeness (QED) is 0.904. The number of carboxylic acids is 1. The summed E-state index contributed by atoms with van der Waals surface area (Å²) >= 11 is 0. The predicted molar refractivity (Wildman–Crippen MR) is 87.3 cm³/mol. The number of amides is 1. The van der Waals surface area contributed by atoms with E-state index in [1.165, 1.54) is 7.11 Å². The molecule has 1 aliphatic rings. The molecule has 1 unspecified atom stereocenters. The Hall–Kier alpha value is -1.88. The zero-order valence-corrected chi connectivity index (χ0v) is 14.3. The van der Waals surface area contributed by atoms with Crippen LogP contribution in [-0.4, -0.2) is 48.7 Å². The Labute approximate surface area is 137 Å². The van der Waals surface area contributed by atoms with Crippen LogP contribution in [0.2, 0.25) is 0 Å². The number of hydrogen-bond donors (Lipinski definition) is 1. The fourth-order valence-corrected chi connectivity index (χ4v) is 3.46. The summed E-state index contributed by atoms with van der Waals surface area (Å²) in [5.41, 5.74) is 0.357. The highest BCUT2D eigenvalue weighted by atomic mass is 16.5. The molecule has 0 radical (unpaired) electrons. The lowest BCUT2D eigenvalue weighted by atomic mass is 9.80. The molecule has 1 aliphatic heterocycles. The fraction of sp³-hybridized carbons (Fsp3) is 0.556. The van der Waals surface area contributed by atoms with Gasteiger partial charge in [0.05, 0.1) is 12.0 Å². The predicted octanol–water partition coefficient (Wildman–Crippen LogP) is 2.22. The monoisotopic (exact) mass is 319 g/mol. The van der Waals surface area contributed by atoms with Gasteiger partial charge in [0.25, 0.3) is 0 Å². The van der Waals surface area contributed by atoms with Gasteiger partial charge in [0, 0.05) is 20.2 Å². The second kappa shape index (κ2) is 6.32. The van der Waals surface area contributed by atoms with E-state index in [1.807, 2.05) is 45.0 Å². The smallest absolute Gasteiger partial charge is 0.313 e. The van der Waals surface area contributed by atoms with Crippen LogP contribution in [0.5, 0.6) is 0 Å². The summed E-state index contributed by atoms with van der Waals surface area (Å²) < 4.78 is 5.09. The summed E-state index contributed by atoms with van der Waals surface area (Å²) in [6.07, 6.45) is 0.422. The number of rotatable bonds is 5. The molecular weight excluding hydrogens is 294 g/mol. The maximum atomic E-state index is 13.0. The molecule has 0 aliphatic carbocycles. The molecule has 1 saturated heterocycles. The number of aliphatic carboxylic acids is 1. The molecule has 0 aromatic heterocycles. The lowest BCUT2D eigenvalue weighted by molar-refractivity contribution is -0.152. The van der Waals surface area contributed by atoms with E-state index >= 15 is 0 Å². The molecule has 0 saturated carbocycles. The Balaban J connectivity index is 2.24. The van der Waals surface area contributed by atoms with Crippen LogP contribution in [0.15, 0.2) is 24.3 Å². The first kappa shape index (κ1) is 17.5. The van der Waals surface area contributed by atoms with Crippen LogP contribution in [0.25, 0.3) is 0 Å². The molecule has 23 heavy (non-hydrogen) atoms. The molecular formula is C18H25NO4. The molecule has 0 bridgehead atoms. The van der Waals surface area contributed by atoms with Crippen LogP contribution in [0.4, 0.5) is 0 Å². The van der Waals surface area contributed by atoms with Gasteiger partial charge in [-0.1, -0.05) is 24.3 Å². The first-order valence-electron chi connectivity index (χ1n) is 7.82. The molecule has 0 spiro atoms. The van der Waals surface area contributed by atoms with Gasteiger partial charge in [-0.3, -0.25) is 9.59 Å². The van der Waals surface area contributed by atoms with Crippen molar-refractivity contribution in [1.82, 2.24) is 4.90 Å². The normalized spacial score (nSPS) is 21.5. The molecule has 1 amide bonds. The van der Waals surface area contributed by atoms with Gasteiger partial charge in [-0.15, -0.1) is 0 Å². The third-order valence-electron chi connectivity index (χ3n) is 4.87. The molecule has 1 heterocycles. The number of benzene rings is 1. The summed E-state index contributed by atoms with van der Waals surface area (Å²) in [6.45, 7) is 6.55. The zero-order valence-electron chi connectivity index (χ0n) is 14.3. The van der Waals surface area contributed by atoms with E-state index in [4.69, 9.17) is 4.74 Å². The van der Waals surface area contributed by atoms with Gasteiger partial charge in [-0.25, -0.2) is 0 Å². The maximum Gasteiger partial charge on any atom is 0.313 e. The van der Waals surface area contributed by atoms with E-state index in [-0.39, 0.29) is 19.1 Å². The average molecular weight is 319 g/mol. The minimum Gasteiger partial charge on any atom is -0.481 e. The molecule has 1 aromatic carbocycles. The van der Waals surface area contributed by atoms with Crippen LogP contribution in [0.3, 0.4) is 0 Å². The van der Waals surface area contributed by atoms with Crippen molar-refractivity contribution in [2.45, 2.75) is 32.6 Å². The number of hydrogen-bond acceptors (Lipinski definition) is 3. The number of aryl methyl sites for hydroxylation is 1. The maximum absolute atomic E-state index is 13.0. The third kappa shape index (κ3) is 3.11. The summed E-state index contributed by atoms with van der Waals surface area (Å²) in [5, 5.41) is 9.54. The van der Waals surface area contributed by atoms with Crippen molar-refractivity contribution >= 4 is 11.9 Å². The highest BCUT2D eigenvalue weighted by Gasteiger charge is 2.48. The molecule has 1 N–H and O–H groups in total. The van der Waals surface area contributed by atoms with Gasteiger partial charge in [0.2, 0.25) is 5.91 Å². The number of carboxylic acid groups (broad SMARTS) is 1. The standard InChI is InChI=1S/C18H25NO4/c1-13-7-5-6-8-14(13)17(2,3)15(20)19-10-9-18(11-19,12-23-4)16(21)22/h5-8H,9-12H2,1-4H3,(H,21,22). The average Bonchev–Trinajstić information content (AvgIpc) is 2.92. The Morgan fingerprint density at radius 3 is 2.57 bits per heavy atom. The molecule has 1 fully saturated rings. The van der Waals surface area contributed by atoms with E-state index in [9.17, 15) is 14.7 Å². The second-order valence-electron chi connectivity index (χ2n) is 6.94. The third-order valence-corrected chi connectivity index (χ3v) is 4.87. The summed E-state index contributed by atoms with van der Waals surface area (Å²) in [4.78, 5) is 26.3. The number of likely N-dealkylation sites (tertiary alicyclic amines) is 1. The van der Waals surface area contributed by atoms with Crippen LogP contribution < -0.4 is 0 Å². The van der Waals surface area contributed by atoms with Crippen molar-refractivity contribution in [2.24, 2.45) is 5.41 Å². The first-order valence-corrected chi connectivity index (χ1v) is 7.82. The van der Waals surface area contributed by atoms with Crippen molar-refractivity contribution in [3.05, 3.63) is 35.4 Å². The van der Waals surface area contributed by atoms with Gasteiger partial charge in [-0.05, 0) is 38.3 Å². The fourth-order valence-electron chi connectivity index (χ4n) is 3.46. The molecule has 2 rings (SSSR count). The van der Waals surface area contributed by atoms with Crippen molar-refractivity contribution in [3.63, 3.8) is 0 Å². The van der Waals surface area contributed by atoms with Crippen molar-refractivity contribution < 1.29 is 19.4 Å². The minimum absolute atomic E-state index is 0.0361. The van der Waals surface area contributed by atoms with E-state index in [1.54, 1.807) is 4.90 Å². The van der Waals surface area contributed by atoms with Gasteiger partial charge in [-0.2, -0.15) is 0 Å². The van der Waals surface area contributed by atoms with E-state index in [2.05, 4.69) is 0 Å². The van der Waals surface area contributed by atoms with E-state index in [0.29, 0.717) is 13.0 Å². The molecule has 126 valence electrons. The van der Waals surface area contributed by atoms with E-state index in [0.717, 1.165) is 11.1 Å². The topological polar surface area (TPSA) is 66.8 Å². The lowest BCUT2D eigenvalue weighted by Gasteiger charge is -2.32. The van der Waals surface area contributed by atoms with Crippen molar-refractivity contribution in [3.8, 4) is 0 Å². The Kier molecular flexibility index (Phi) is 4.80. The summed E-state index contributed by atoms with van der Waals surface area (Å²) in [5.74, 6) is -0.936. The van der Waals surface area contributed by atoms with Gasteiger partial charge in [0.15, 0.2) is 0 Å². The highest BCUT2D eigenvalue weighted by molar-refractivity contribution is 5.89. The van der Waals surface area contributed by atoms with Crippen LogP contribution >= 0.6 is 0 Å². The van der Waals surface area contributed by atoms with Crippen molar-refractivity contribution in [1.29, 1.82) is 0 Å². The van der Waals surface area contributed by atoms with Crippen LogP contribution in [-0.2, 0) is 19.7 Å². The number of carbonyl (C=O) groups is 2. The number of carbonyl (C=O) groups excluding carboxylic acids is 1. The number of methoxy groups -OCH3 is 1. The number of nitrogens with zero attached hydrogens (tertiary/aromatic N) is 1. The van der Waals surface area contributed by atoms with Gasteiger partial charge in [0.1, 0.15) is 5.41 Å². The highest BCUT2D eigenvalue weighted by Crippen LogP contribution is 2.35. The summed E-state index contributed by atoms with van der Waals surface area (Å²) in [7, 11) is 1.49. The summed E-state index contributed by atoms with van der Waals surface area (Å²) in [6, 6.07) is 7.82. The van der Waals surface area contributed by atoms with Crippen LogP contribution in [0, 0.1) is 12.3 Å². The lowest BCUT2D eigenvalue weighted by Crippen LogP contribution is -2.45. The number of ether oxygens (including phenoxy) is 1. The largest absolute Gasteiger partial charge is 0.481 e. The van der Waals surface area contributed by atoms with Gasteiger partial charge >= 0.3 is 5.97 Å². The van der Waals surface area contributed by atoms with Crippen LogP contribution in [0.1, 0.15) is 31.4 Å². The zero-order chi connectivity index (χ0) is 17.3. The van der Waals surface area contributed by atoms with E-state index < -0.39 is 16.8 Å². The second-order valence-corrected chi connectivity index (χ2v) is 6.94. The molecule has 5 nitrogen and oxygen atoms in total. The minimum atomic E-state index is -0.994. The Bertz CT molecular complexity index is 611. The molecule has 1 atom stereocenters. The first-order chi connectivity index (χ1) is 10.7.